The number of nitrogens with one attached hydrogen (secondary N) is 2. The largest absolute Gasteiger partial charge is 0.506 e. The summed E-state index contributed by atoms with van der Waals surface area (Å²) in [7, 11) is 0. The van der Waals surface area contributed by atoms with Crippen molar-refractivity contribution in [2.45, 2.75) is 44.3 Å². The number of carbonyl (C=O) groups excluding carboxylic acids is 2. The Bertz CT molecular complexity index is 1200. The highest BCUT2D eigenvalue weighted by Crippen LogP contribution is 2.33. The lowest BCUT2D eigenvalue weighted by atomic mass is 9.95. The van der Waals surface area contributed by atoms with Gasteiger partial charge in [-0.2, -0.15) is 13.2 Å². The molecule has 13 heteroatoms. The lowest BCUT2D eigenvalue weighted by molar-refractivity contribution is -0.138. The number of aliphatic carboxylic acids is 1. The molecule has 1 saturated carbocycles. The summed E-state index contributed by atoms with van der Waals surface area (Å²) in [4.78, 5) is 49.3. The van der Waals surface area contributed by atoms with E-state index in [4.69, 9.17) is 5.11 Å². The van der Waals surface area contributed by atoms with Crippen LogP contribution in [0, 0.1) is 0 Å². The molecule has 3 rings (SSSR count). The number of amides is 2. The minimum absolute atomic E-state index is 0.300. The van der Waals surface area contributed by atoms with Gasteiger partial charge in [0.05, 0.1) is 11.3 Å². The van der Waals surface area contributed by atoms with Crippen LogP contribution in [-0.4, -0.2) is 50.3 Å². The molecular weight excluding hydrogens is 475 g/mol. The highest BCUT2D eigenvalue weighted by atomic mass is 19.4. The van der Waals surface area contributed by atoms with Crippen LogP contribution in [0.3, 0.4) is 0 Å². The fraction of sp³-hybridized carbons (Fsp3) is 0.364. The average molecular weight is 497 g/mol. The second kappa shape index (κ2) is 10.1. The highest BCUT2D eigenvalue weighted by Gasteiger charge is 2.33. The SMILES string of the molecule is O=C(O)CNC(=O)c1c(O)c(C(=O)NC2CCCCC2)c(O)n(-c2ccc(C(F)(F)F)cc2)c1=O. The second-order valence-electron chi connectivity index (χ2n) is 7.99. The van der Waals surface area contributed by atoms with Crippen LogP contribution in [0.15, 0.2) is 29.1 Å². The molecule has 5 N–H and O–H groups in total. The number of rotatable bonds is 6. The van der Waals surface area contributed by atoms with E-state index >= 15 is 0 Å². The number of aromatic hydroxyl groups is 2. The average Bonchev–Trinajstić information content (AvgIpc) is 2.78. The lowest BCUT2D eigenvalue weighted by Crippen LogP contribution is -2.39. The van der Waals surface area contributed by atoms with E-state index < -0.39 is 64.4 Å². The molecule has 0 spiro atoms. The van der Waals surface area contributed by atoms with E-state index in [0.717, 1.165) is 31.4 Å². The maximum Gasteiger partial charge on any atom is 0.416 e. The number of nitrogens with zero attached hydrogens (tertiary/aromatic N) is 1. The summed E-state index contributed by atoms with van der Waals surface area (Å²) in [5.41, 5.74) is -4.67. The predicted molar refractivity (Wildman–Crippen MR) is 115 cm³/mol. The van der Waals surface area contributed by atoms with E-state index in [1.165, 1.54) is 0 Å². The first-order valence-corrected chi connectivity index (χ1v) is 10.6. The fourth-order valence-corrected chi connectivity index (χ4v) is 3.85. The Morgan fingerprint density at radius 3 is 2.11 bits per heavy atom. The minimum atomic E-state index is -4.69. The number of pyridine rings is 1. The zero-order valence-corrected chi connectivity index (χ0v) is 18.2. The summed E-state index contributed by atoms with van der Waals surface area (Å²) in [5, 5.41) is 34.6. The quantitative estimate of drug-likeness (QED) is 0.409. The molecule has 0 atom stereocenters. The summed E-state index contributed by atoms with van der Waals surface area (Å²) in [5.74, 6) is -6.13. The van der Waals surface area contributed by atoms with E-state index in [2.05, 4.69) is 5.32 Å². The van der Waals surface area contributed by atoms with Crippen molar-refractivity contribution in [3.05, 3.63) is 51.3 Å². The summed E-state index contributed by atoms with van der Waals surface area (Å²) in [6.07, 6.45) is -0.813. The van der Waals surface area contributed by atoms with E-state index in [9.17, 15) is 42.6 Å². The molecule has 2 aromatic rings. The molecule has 1 fully saturated rings. The van der Waals surface area contributed by atoms with Gasteiger partial charge in [-0.25, -0.2) is 4.57 Å². The molecule has 188 valence electrons. The van der Waals surface area contributed by atoms with Gasteiger partial charge in [0.25, 0.3) is 17.4 Å². The van der Waals surface area contributed by atoms with Crippen molar-refractivity contribution in [3.8, 4) is 17.3 Å². The third kappa shape index (κ3) is 5.55. The van der Waals surface area contributed by atoms with Gasteiger partial charge < -0.3 is 26.0 Å². The third-order valence-electron chi connectivity index (χ3n) is 5.57. The molecule has 0 bridgehead atoms. The minimum Gasteiger partial charge on any atom is -0.506 e. The molecule has 1 heterocycles. The van der Waals surface area contributed by atoms with E-state index in [0.29, 0.717) is 29.5 Å². The lowest BCUT2D eigenvalue weighted by Gasteiger charge is -2.24. The van der Waals surface area contributed by atoms with Crippen LogP contribution in [-0.2, 0) is 11.0 Å². The van der Waals surface area contributed by atoms with Crippen LogP contribution in [0.2, 0.25) is 0 Å². The van der Waals surface area contributed by atoms with Crippen molar-refractivity contribution in [2.24, 2.45) is 0 Å². The summed E-state index contributed by atoms with van der Waals surface area (Å²) in [6, 6.07) is 2.62. The van der Waals surface area contributed by atoms with E-state index in [1.54, 1.807) is 0 Å². The number of hydrogen-bond donors (Lipinski definition) is 5. The van der Waals surface area contributed by atoms with Gasteiger partial charge in [-0.3, -0.25) is 19.2 Å². The second-order valence-corrected chi connectivity index (χ2v) is 7.99. The number of alkyl halides is 3. The van der Waals surface area contributed by atoms with Crippen LogP contribution in [0.4, 0.5) is 13.2 Å². The van der Waals surface area contributed by atoms with Crippen LogP contribution in [0.25, 0.3) is 5.69 Å². The van der Waals surface area contributed by atoms with Crippen molar-refractivity contribution in [1.29, 1.82) is 0 Å². The van der Waals surface area contributed by atoms with Crippen molar-refractivity contribution < 1.29 is 42.9 Å². The number of benzene rings is 1. The molecule has 1 aliphatic rings. The van der Waals surface area contributed by atoms with Gasteiger partial charge in [-0.15, -0.1) is 0 Å². The molecule has 10 nitrogen and oxygen atoms in total. The molecule has 2 amide bonds. The van der Waals surface area contributed by atoms with Crippen molar-refractivity contribution in [1.82, 2.24) is 15.2 Å². The zero-order chi connectivity index (χ0) is 25.9. The van der Waals surface area contributed by atoms with Gasteiger partial charge in [0.1, 0.15) is 17.7 Å². The summed E-state index contributed by atoms with van der Waals surface area (Å²) in [6.45, 7) is -0.928. The summed E-state index contributed by atoms with van der Waals surface area (Å²) < 4.78 is 39.2. The van der Waals surface area contributed by atoms with Crippen molar-refractivity contribution in [3.63, 3.8) is 0 Å². The predicted octanol–water partition coefficient (Wildman–Crippen LogP) is 2.14. The first-order chi connectivity index (χ1) is 16.4. The maximum absolute atomic E-state index is 13.0. The van der Waals surface area contributed by atoms with Gasteiger partial charge in [0.2, 0.25) is 5.88 Å². The molecule has 0 aliphatic heterocycles. The molecule has 1 aromatic heterocycles. The topological polar surface area (TPSA) is 158 Å². The van der Waals surface area contributed by atoms with Gasteiger partial charge in [0, 0.05) is 6.04 Å². The van der Waals surface area contributed by atoms with Crippen LogP contribution in [0.1, 0.15) is 58.4 Å². The fourth-order valence-electron chi connectivity index (χ4n) is 3.85. The molecule has 1 aliphatic carbocycles. The highest BCUT2D eigenvalue weighted by molar-refractivity contribution is 6.05. The van der Waals surface area contributed by atoms with Gasteiger partial charge in [-0.1, -0.05) is 19.3 Å². The van der Waals surface area contributed by atoms with E-state index in [1.807, 2.05) is 5.32 Å². The number of aromatic nitrogens is 1. The standard InChI is InChI=1S/C22H22F3N3O7/c23-22(24,25)11-6-8-13(9-7-11)28-20(34)15(18(32)26-10-14(29)30)17(31)16(21(28)35)19(33)27-12-4-2-1-3-5-12/h6-9,12,31,35H,1-5,10H2,(H,26,32)(H,27,33)(H,29,30). The molecule has 35 heavy (non-hydrogen) atoms. The van der Waals surface area contributed by atoms with Crippen LogP contribution in [0.5, 0.6) is 11.6 Å². The van der Waals surface area contributed by atoms with E-state index in [-0.39, 0.29) is 11.7 Å². The van der Waals surface area contributed by atoms with Gasteiger partial charge in [0.15, 0.2) is 5.75 Å². The number of carbonyl (C=O) groups is 3. The summed E-state index contributed by atoms with van der Waals surface area (Å²) >= 11 is 0. The molecular formula is C22H22F3N3O7. The number of carboxylic acid groups (broad SMARTS) is 1. The monoisotopic (exact) mass is 497 g/mol. The van der Waals surface area contributed by atoms with Gasteiger partial charge >= 0.3 is 12.1 Å². The van der Waals surface area contributed by atoms with Crippen molar-refractivity contribution in [2.75, 3.05) is 6.54 Å². The maximum atomic E-state index is 13.0. The van der Waals surface area contributed by atoms with Gasteiger partial charge in [-0.05, 0) is 37.1 Å². The normalized spacial score (nSPS) is 14.4. The Morgan fingerprint density at radius 2 is 1.57 bits per heavy atom. The number of halogens is 3. The Morgan fingerprint density at radius 1 is 0.971 bits per heavy atom. The Kier molecular flexibility index (Phi) is 7.37. The van der Waals surface area contributed by atoms with Crippen molar-refractivity contribution >= 4 is 17.8 Å². The molecule has 0 radical (unpaired) electrons. The molecule has 1 aromatic carbocycles. The Hall–Kier alpha value is -4.03. The first kappa shape index (κ1) is 25.6. The van der Waals surface area contributed by atoms with Crippen LogP contribution >= 0.6 is 0 Å². The zero-order valence-electron chi connectivity index (χ0n) is 18.2. The van der Waals surface area contributed by atoms with Crippen LogP contribution < -0.4 is 16.2 Å². The Labute approximate surface area is 196 Å². The molecule has 0 unspecified atom stereocenters. The third-order valence-corrected chi connectivity index (χ3v) is 5.57. The first-order valence-electron chi connectivity index (χ1n) is 10.6. The molecule has 0 saturated heterocycles. The number of hydrogen-bond acceptors (Lipinski definition) is 6. The Balaban J connectivity index is 2.16. The smallest absolute Gasteiger partial charge is 0.416 e. The number of carboxylic acids is 1.